The van der Waals surface area contributed by atoms with Crippen LogP contribution in [0.15, 0.2) is 12.4 Å². The monoisotopic (exact) mass is 237 g/mol. The molecule has 1 aromatic heterocycles. The van der Waals surface area contributed by atoms with Crippen LogP contribution < -0.4 is 5.32 Å². The van der Waals surface area contributed by atoms with Crippen molar-refractivity contribution in [1.29, 1.82) is 0 Å². The summed E-state index contributed by atoms with van der Waals surface area (Å²) < 4.78 is 5.41. The van der Waals surface area contributed by atoms with Crippen molar-refractivity contribution < 1.29 is 9.84 Å². The van der Waals surface area contributed by atoms with Crippen LogP contribution in [-0.2, 0) is 4.74 Å². The summed E-state index contributed by atoms with van der Waals surface area (Å²) in [5.74, 6) is 1.47. The Hall–Kier alpha value is -1.20. The highest BCUT2D eigenvalue weighted by Gasteiger charge is 2.21. The quantitative estimate of drug-likeness (QED) is 0.740. The van der Waals surface area contributed by atoms with Gasteiger partial charge in [-0.25, -0.2) is 9.97 Å². The number of nitrogens with zero attached hydrogens (tertiary/aromatic N) is 2. The molecule has 1 aromatic rings. The lowest BCUT2D eigenvalue weighted by molar-refractivity contribution is 0.0385. The Balaban J connectivity index is 1.62. The second-order valence-electron chi connectivity index (χ2n) is 4.56. The van der Waals surface area contributed by atoms with Gasteiger partial charge in [0.05, 0.1) is 12.7 Å². The SMILES string of the molecule is Cc1cc(NCC(O)COCC2CC2)ncn1. The third-order valence-corrected chi connectivity index (χ3v) is 2.68. The van der Waals surface area contributed by atoms with Gasteiger partial charge in [0.2, 0.25) is 0 Å². The number of aryl methyl sites for hydroxylation is 1. The van der Waals surface area contributed by atoms with Crippen LogP contribution in [-0.4, -0.2) is 40.9 Å². The summed E-state index contributed by atoms with van der Waals surface area (Å²) in [6.07, 6.45) is 3.56. The number of rotatable bonds is 7. The predicted octanol–water partition coefficient (Wildman–Crippen LogP) is 0.984. The summed E-state index contributed by atoms with van der Waals surface area (Å²) in [6, 6.07) is 1.85. The normalized spacial score (nSPS) is 16.8. The van der Waals surface area contributed by atoms with Crippen LogP contribution in [0.4, 0.5) is 5.82 Å². The standard InChI is InChI=1S/C12H19N3O2/c1-9-4-12(15-8-14-9)13-5-11(16)7-17-6-10-2-3-10/h4,8,10-11,16H,2-3,5-7H2,1H3,(H,13,14,15). The van der Waals surface area contributed by atoms with Crippen LogP contribution >= 0.6 is 0 Å². The highest BCUT2D eigenvalue weighted by molar-refractivity contribution is 5.34. The first-order valence-electron chi connectivity index (χ1n) is 6.02. The molecule has 0 saturated heterocycles. The van der Waals surface area contributed by atoms with Crippen molar-refractivity contribution in [3.63, 3.8) is 0 Å². The van der Waals surface area contributed by atoms with E-state index >= 15 is 0 Å². The van der Waals surface area contributed by atoms with Crippen molar-refractivity contribution in [1.82, 2.24) is 9.97 Å². The van der Waals surface area contributed by atoms with Crippen LogP contribution in [0.3, 0.4) is 0 Å². The zero-order chi connectivity index (χ0) is 12.1. The van der Waals surface area contributed by atoms with Crippen molar-refractivity contribution in [3.05, 3.63) is 18.1 Å². The number of hydrogen-bond acceptors (Lipinski definition) is 5. The topological polar surface area (TPSA) is 67.3 Å². The van der Waals surface area contributed by atoms with E-state index in [0.717, 1.165) is 24.0 Å². The maximum Gasteiger partial charge on any atom is 0.129 e. The third-order valence-electron chi connectivity index (χ3n) is 2.68. The Morgan fingerprint density at radius 1 is 1.53 bits per heavy atom. The molecule has 5 nitrogen and oxygen atoms in total. The molecule has 1 unspecified atom stereocenters. The molecule has 1 saturated carbocycles. The van der Waals surface area contributed by atoms with Gasteiger partial charge in [0.15, 0.2) is 0 Å². The van der Waals surface area contributed by atoms with Gasteiger partial charge in [-0.05, 0) is 25.7 Å². The number of anilines is 1. The lowest BCUT2D eigenvalue weighted by Gasteiger charge is -2.12. The minimum Gasteiger partial charge on any atom is -0.389 e. The first kappa shape index (κ1) is 12.3. The molecule has 0 amide bonds. The zero-order valence-corrected chi connectivity index (χ0v) is 10.1. The molecule has 0 aromatic carbocycles. The van der Waals surface area contributed by atoms with Crippen molar-refractivity contribution >= 4 is 5.82 Å². The van der Waals surface area contributed by atoms with Crippen molar-refractivity contribution in [2.45, 2.75) is 25.9 Å². The van der Waals surface area contributed by atoms with Crippen LogP contribution in [0.25, 0.3) is 0 Å². The van der Waals surface area contributed by atoms with Gasteiger partial charge in [-0.3, -0.25) is 0 Å². The van der Waals surface area contributed by atoms with E-state index in [-0.39, 0.29) is 0 Å². The van der Waals surface area contributed by atoms with Crippen LogP contribution in [0.2, 0.25) is 0 Å². The molecule has 94 valence electrons. The molecule has 1 atom stereocenters. The maximum atomic E-state index is 9.68. The van der Waals surface area contributed by atoms with E-state index in [1.807, 2.05) is 13.0 Å². The minimum atomic E-state index is -0.496. The van der Waals surface area contributed by atoms with Gasteiger partial charge in [0, 0.05) is 24.9 Å². The van der Waals surface area contributed by atoms with Gasteiger partial charge in [-0.2, -0.15) is 0 Å². The molecule has 0 aliphatic heterocycles. The van der Waals surface area contributed by atoms with E-state index in [1.54, 1.807) is 0 Å². The van der Waals surface area contributed by atoms with Crippen LogP contribution in [0.5, 0.6) is 0 Å². The fourth-order valence-corrected chi connectivity index (χ4v) is 1.49. The average Bonchev–Trinajstić information content (AvgIpc) is 3.11. The van der Waals surface area contributed by atoms with Gasteiger partial charge in [-0.1, -0.05) is 0 Å². The van der Waals surface area contributed by atoms with E-state index in [9.17, 15) is 5.11 Å². The van der Waals surface area contributed by atoms with Gasteiger partial charge < -0.3 is 15.2 Å². The first-order chi connectivity index (χ1) is 8.24. The lowest BCUT2D eigenvalue weighted by Crippen LogP contribution is -2.25. The molecule has 1 aliphatic rings. The summed E-state index contributed by atoms with van der Waals surface area (Å²) in [7, 11) is 0. The Morgan fingerprint density at radius 3 is 3.06 bits per heavy atom. The Kier molecular flexibility index (Phi) is 4.28. The highest BCUT2D eigenvalue weighted by atomic mass is 16.5. The number of aliphatic hydroxyl groups is 1. The fourth-order valence-electron chi connectivity index (χ4n) is 1.49. The van der Waals surface area contributed by atoms with E-state index in [2.05, 4.69) is 15.3 Å². The smallest absolute Gasteiger partial charge is 0.129 e. The van der Waals surface area contributed by atoms with Crippen LogP contribution in [0.1, 0.15) is 18.5 Å². The highest BCUT2D eigenvalue weighted by Crippen LogP contribution is 2.28. The Labute approximate surface area is 101 Å². The van der Waals surface area contributed by atoms with Gasteiger partial charge >= 0.3 is 0 Å². The summed E-state index contributed by atoms with van der Waals surface area (Å²) >= 11 is 0. The van der Waals surface area contributed by atoms with Crippen LogP contribution in [0, 0.1) is 12.8 Å². The number of nitrogens with one attached hydrogen (secondary N) is 1. The number of ether oxygens (including phenoxy) is 1. The molecule has 0 radical (unpaired) electrons. The number of hydrogen-bond donors (Lipinski definition) is 2. The minimum absolute atomic E-state index is 0.383. The molecule has 17 heavy (non-hydrogen) atoms. The van der Waals surface area contributed by atoms with E-state index in [0.29, 0.717) is 13.2 Å². The largest absolute Gasteiger partial charge is 0.389 e. The first-order valence-corrected chi connectivity index (χ1v) is 6.02. The second kappa shape index (κ2) is 5.93. The molecular formula is C12H19N3O2. The zero-order valence-electron chi connectivity index (χ0n) is 10.1. The molecule has 1 fully saturated rings. The molecule has 1 heterocycles. The van der Waals surface area contributed by atoms with Crippen molar-refractivity contribution in [2.75, 3.05) is 25.1 Å². The van der Waals surface area contributed by atoms with E-state index < -0.39 is 6.10 Å². The molecule has 0 bridgehead atoms. The summed E-state index contributed by atoms with van der Waals surface area (Å²) in [5.41, 5.74) is 0.905. The summed E-state index contributed by atoms with van der Waals surface area (Å²) in [6.45, 7) is 3.51. The molecule has 5 heteroatoms. The molecule has 2 N–H and O–H groups in total. The van der Waals surface area contributed by atoms with Gasteiger partial charge in [0.25, 0.3) is 0 Å². The maximum absolute atomic E-state index is 9.68. The molecule has 0 spiro atoms. The van der Waals surface area contributed by atoms with Gasteiger partial charge in [-0.15, -0.1) is 0 Å². The van der Waals surface area contributed by atoms with Gasteiger partial charge in [0.1, 0.15) is 12.1 Å². The molecule has 2 rings (SSSR count). The number of aliphatic hydroxyl groups excluding tert-OH is 1. The van der Waals surface area contributed by atoms with Crippen molar-refractivity contribution in [3.8, 4) is 0 Å². The van der Waals surface area contributed by atoms with E-state index in [4.69, 9.17) is 4.74 Å². The Bertz CT molecular complexity index is 355. The summed E-state index contributed by atoms with van der Waals surface area (Å²) in [5, 5.41) is 12.7. The molecular weight excluding hydrogens is 218 g/mol. The Morgan fingerprint density at radius 2 is 2.35 bits per heavy atom. The predicted molar refractivity (Wildman–Crippen MR) is 64.8 cm³/mol. The molecule has 1 aliphatic carbocycles. The fraction of sp³-hybridized carbons (Fsp3) is 0.667. The average molecular weight is 237 g/mol. The van der Waals surface area contributed by atoms with Crippen molar-refractivity contribution in [2.24, 2.45) is 5.92 Å². The summed E-state index contributed by atoms with van der Waals surface area (Å²) in [4.78, 5) is 8.06. The number of aromatic nitrogens is 2. The second-order valence-corrected chi connectivity index (χ2v) is 4.56. The third kappa shape index (κ3) is 4.66. The lowest BCUT2D eigenvalue weighted by atomic mass is 10.3. The van der Waals surface area contributed by atoms with E-state index in [1.165, 1.54) is 19.2 Å².